The van der Waals surface area contributed by atoms with E-state index in [1.807, 2.05) is 0 Å². The molecule has 1 heterocycles. The van der Waals surface area contributed by atoms with Gasteiger partial charge in [0.15, 0.2) is 11.5 Å². The smallest absolute Gasteiger partial charge is 0.295 e. The molecule has 206 valence electrons. The molecule has 0 bridgehead atoms. The number of likely N-dealkylation sites (tertiary alicyclic amines) is 1. The van der Waals surface area contributed by atoms with Crippen LogP contribution in [0.5, 0.6) is 11.5 Å². The fourth-order valence-corrected chi connectivity index (χ4v) is 4.76. The van der Waals surface area contributed by atoms with Gasteiger partial charge in [0, 0.05) is 12.1 Å². The molecular formula is C30H39FN2O5. The van der Waals surface area contributed by atoms with E-state index >= 15 is 0 Å². The van der Waals surface area contributed by atoms with Crippen molar-refractivity contribution in [1.82, 2.24) is 9.80 Å². The van der Waals surface area contributed by atoms with Crippen LogP contribution in [0.25, 0.3) is 5.76 Å². The predicted octanol–water partition coefficient (Wildman–Crippen LogP) is 5.64. The second kappa shape index (κ2) is 14.0. The number of nitrogens with zero attached hydrogens (tertiary/aromatic N) is 2. The molecular weight excluding hydrogens is 487 g/mol. The number of benzene rings is 2. The number of ketones is 1. The van der Waals surface area contributed by atoms with Crippen LogP contribution in [0.4, 0.5) is 4.39 Å². The first kappa shape index (κ1) is 29.2. The zero-order chi connectivity index (χ0) is 27.7. The van der Waals surface area contributed by atoms with Crippen LogP contribution in [0.2, 0.25) is 0 Å². The number of hydrogen-bond acceptors (Lipinski definition) is 6. The number of aromatic hydroxyl groups is 1. The number of phenols is 1. The number of halogens is 1. The van der Waals surface area contributed by atoms with Crippen LogP contribution >= 0.6 is 0 Å². The van der Waals surface area contributed by atoms with Crippen molar-refractivity contribution in [2.24, 2.45) is 0 Å². The zero-order valence-corrected chi connectivity index (χ0v) is 22.6. The summed E-state index contributed by atoms with van der Waals surface area (Å²) in [5.74, 6) is -2.17. The Morgan fingerprint density at radius 3 is 2.21 bits per heavy atom. The Morgan fingerprint density at radius 2 is 1.61 bits per heavy atom. The maximum absolute atomic E-state index is 13.5. The number of amides is 1. The minimum Gasteiger partial charge on any atom is -0.507 e. The van der Waals surface area contributed by atoms with Crippen LogP contribution in [-0.2, 0) is 9.59 Å². The molecule has 1 fully saturated rings. The molecule has 0 spiro atoms. The molecule has 3 rings (SSSR count). The highest BCUT2D eigenvalue weighted by molar-refractivity contribution is 6.46. The molecule has 1 atom stereocenters. The maximum atomic E-state index is 13.5. The number of unbranched alkanes of at least 4 members (excludes halogenated alkanes) is 2. The van der Waals surface area contributed by atoms with Crippen LogP contribution in [0.1, 0.15) is 70.0 Å². The van der Waals surface area contributed by atoms with Crippen LogP contribution in [0.15, 0.2) is 48.0 Å². The average molecular weight is 527 g/mol. The summed E-state index contributed by atoms with van der Waals surface area (Å²) in [5.41, 5.74) is 0.704. The van der Waals surface area contributed by atoms with E-state index in [1.165, 1.54) is 35.2 Å². The van der Waals surface area contributed by atoms with E-state index in [4.69, 9.17) is 4.74 Å². The summed E-state index contributed by atoms with van der Waals surface area (Å²) in [4.78, 5) is 30.4. The number of aliphatic hydroxyl groups is 1. The average Bonchev–Trinajstić information content (AvgIpc) is 3.16. The summed E-state index contributed by atoms with van der Waals surface area (Å²) in [6.07, 6.45) is 5.05. The standard InChI is InChI=1S/C30H39FN2O5/c1-4-7-16-32(17-8-5-2)18-9-19-33-27(22-12-15-24(34)25(20-22)38-6-3)26(29(36)30(33)37)28(35)21-10-13-23(31)14-11-21/h10-15,20,27,34-35H,4-9,16-19H2,1-3H3/b28-26-. The highest BCUT2D eigenvalue weighted by Gasteiger charge is 2.46. The molecule has 0 aliphatic carbocycles. The summed E-state index contributed by atoms with van der Waals surface area (Å²) >= 11 is 0. The molecule has 1 saturated heterocycles. The van der Waals surface area contributed by atoms with Crippen molar-refractivity contribution in [3.8, 4) is 11.5 Å². The van der Waals surface area contributed by atoms with Gasteiger partial charge in [-0.2, -0.15) is 0 Å². The lowest BCUT2D eigenvalue weighted by Crippen LogP contribution is -2.34. The molecule has 1 aliphatic rings. The van der Waals surface area contributed by atoms with Gasteiger partial charge in [0.25, 0.3) is 11.7 Å². The third-order valence-electron chi connectivity index (χ3n) is 6.79. The second-order valence-electron chi connectivity index (χ2n) is 9.56. The first-order valence-corrected chi connectivity index (χ1v) is 13.5. The van der Waals surface area contributed by atoms with Gasteiger partial charge in [0.05, 0.1) is 18.2 Å². The number of aliphatic hydroxyl groups excluding tert-OH is 1. The number of Topliss-reactive ketones (excluding diaryl/α,β-unsaturated/α-hetero) is 1. The van der Waals surface area contributed by atoms with Crippen LogP contribution in [0.3, 0.4) is 0 Å². The van der Waals surface area contributed by atoms with Gasteiger partial charge in [-0.3, -0.25) is 9.59 Å². The van der Waals surface area contributed by atoms with E-state index in [2.05, 4.69) is 18.7 Å². The fourth-order valence-electron chi connectivity index (χ4n) is 4.76. The van der Waals surface area contributed by atoms with Gasteiger partial charge in [-0.25, -0.2) is 4.39 Å². The number of carbonyl (C=O) groups excluding carboxylic acids is 2. The summed E-state index contributed by atoms with van der Waals surface area (Å²) < 4.78 is 19.1. The van der Waals surface area contributed by atoms with Gasteiger partial charge >= 0.3 is 0 Å². The van der Waals surface area contributed by atoms with Gasteiger partial charge in [0.2, 0.25) is 0 Å². The van der Waals surface area contributed by atoms with E-state index < -0.39 is 23.5 Å². The Labute approximate surface area is 224 Å². The molecule has 0 aromatic heterocycles. The Hall–Kier alpha value is -3.39. The third-order valence-corrected chi connectivity index (χ3v) is 6.79. The van der Waals surface area contributed by atoms with Crippen molar-refractivity contribution in [3.05, 3.63) is 65.0 Å². The van der Waals surface area contributed by atoms with Crippen LogP contribution < -0.4 is 4.74 Å². The molecule has 7 nitrogen and oxygen atoms in total. The van der Waals surface area contributed by atoms with Gasteiger partial charge in [-0.15, -0.1) is 0 Å². The van der Waals surface area contributed by atoms with E-state index in [9.17, 15) is 24.2 Å². The molecule has 1 aliphatic heterocycles. The molecule has 2 N–H and O–H groups in total. The molecule has 2 aromatic carbocycles. The number of ether oxygens (including phenoxy) is 1. The molecule has 38 heavy (non-hydrogen) atoms. The normalized spacial score (nSPS) is 17.0. The van der Waals surface area contributed by atoms with Crippen molar-refractivity contribution in [1.29, 1.82) is 0 Å². The number of rotatable bonds is 14. The zero-order valence-electron chi connectivity index (χ0n) is 22.6. The molecule has 1 unspecified atom stereocenters. The van der Waals surface area contributed by atoms with Crippen molar-refractivity contribution >= 4 is 17.4 Å². The Bertz CT molecular complexity index is 1120. The van der Waals surface area contributed by atoms with E-state index in [1.54, 1.807) is 19.1 Å². The van der Waals surface area contributed by atoms with Crippen molar-refractivity contribution < 1.29 is 28.9 Å². The van der Waals surface area contributed by atoms with E-state index in [0.717, 1.165) is 45.3 Å². The molecule has 1 amide bonds. The van der Waals surface area contributed by atoms with E-state index in [0.29, 0.717) is 25.1 Å². The number of hydrogen-bond donors (Lipinski definition) is 2. The fraction of sp³-hybridized carbons (Fsp3) is 0.467. The minimum atomic E-state index is -0.875. The topological polar surface area (TPSA) is 90.3 Å². The highest BCUT2D eigenvalue weighted by Crippen LogP contribution is 2.41. The minimum absolute atomic E-state index is 0.0615. The van der Waals surface area contributed by atoms with Crippen molar-refractivity contribution in [2.75, 3.05) is 32.8 Å². The second-order valence-corrected chi connectivity index (χ2v) is 9.56. The van der Waals surface area contributed by atoms with E-state index in [-0.39, 0.29) is 28.4 Å². The van der Waals surface area contributed by atoms with Crippen LogP contribution in [-0.4, -0.2) is 64.5 Å². The highest BCUT2D eigenvalue weighted by atomic mass is 19.1. The van der Waals surface area contributed by atoms with Crippen molar-refractivity contribution in [2.45, 2.75) is 58.9 Å². The first-order valence-electron chi connectivity index (χ1n) is 13.5. The molecule has 2 aromatic rings. The molecule has 0 saturated carbocycles. The first-order chi connectivity index (χ1) is 18.3. The van der Waals surface area contributed by atoms with Gasteiger partial charge in [-0.05, 0) is 87.8 Å². The Balaban J connectivity index is 1.98. The Morgan fingerprint density at radius 1 is 0.974 bits per heavy atom. The Kier molecular flexibility index (Phi) is 10.7. The van der Waals surface area contributed by atoms with Gasteiger partial charge < -0.3 is 24.7 Å². The number of carbonyl (C=O) groups is 2. The molecule has 0 radical (unpaired) electrons. The maximum Gasteiger partial charge on any atom is 0.295 e. The third kappa shape index (κ3) is 6.92. The summed E-state index contributed by atoms with van der Waals surface area (Å²) in [5, 5.41) is 21.4. The SMILES string of the molecule is CCCCN(CCCC)CCCN1C(=O)C(=O)/C(=C(\O)c2ccc(F)cc2)C1c1ccc(O)c(OCC)c1. The lowest BCUT2D eigenvalue weighted by Gasteiger charge is -2.28. The van der Waals surface area contributed by atoms with Crippen molar-refractivity contribution in [3.63, 3.8) is 0 Å². The molecule has 8 heteroatoms. The summed E-state index contributed by atoms with van der Waals surface area (Å²) in [6.45, 7) is 9.49. The largest absolute Gasteiger partial charge is 0.507 e. The monoisotopic (exact) mass is 526 g/mol. The summed E-state index contributed by atoms with van der Waals surface area (Å²) in [7, 11) is 0. The number of phenolic OH excluding ortho intramolecular Hbond substituents is 1. The van der Waals surface area contributed by atoms with Gasteiger partial charge in [0.1, 0.15) is 11.6 Å². The van der Waals surface area contributed by atoms with Gasteiger partial charge in [-0.1, -0.05) is 32.8 Å². The summed E-state index contributed by atoms with van der Waals surface area (Å²) in [6, 6.07) is 8.91. The lowest BCUT2D eigenvalue weighted by atomic mass is 9.95. The lowest BCUT2D eigenvalue weighted by molar-refractivity contribution is -0.140. The quantitative estimate of drug-likeness (QED) is 0.188. The van der Waals surface area contributed by atoms with Crippen LogP contribution in [0, 0.1) is 5.82 Å². The predicted molar refractivity (Wildman–Crippen MR) is 146 cm³/mol.